The topological polar surface area (TPSA) is 54.4 Å². The fourth-order valence-corrected chi connectivity index (χ4v) is 5.59. The molecule has 158 valence electrons. The van der Waals surface area contributed by atoms with Gasteiger partial charge < -0.3 is 5.11 Å². The van der Waals surface area contributed by atoms with Gasteiger partial charge in [-0.2, -0.15) is 11.8 Å². The first-order valence-electron chi connectivity index (χ1n) is 10.9. The van der Waals surface area contributed by atoms with Crippen LogP contribution in [0, 0.1) is 5.92 Å². The lowest BCUT2D eigenvalue weighted by atomic mass is 10.0. The third kappa shape index (κ3) is 20.6. The van der Waals surface area contributed by atoms with Gasteiger partial charge >= 0.3 is 0 Å². The average molecular weight is 409 g/mol. The molecule has 3 nitrogen and oxygen atoms in total. The molecule has 0 aliphatic carbocycles. The molecule has 0 aliphatic rings. The highest BCUT2D eigenvalue weighted by Gasteiger charge is 2.14. The van der Waals surface area contributed by atoms with E-state index in [-0.39, 0.29) is 18.3 Å². The monoisotopic (exact) mass is 408 g/mol. The van der Waals surface area contributed by atoms with Gasteiger partial charge in [0, 0.05) is 18.8 Å². The van der Waals surface area contributed by atoms with E-state index in [9.17, 15) is 13.5 Å². The number of thioether (sulfide) groups is 1. The van der Waals surface area contributed by atoms with Crippen LogP contribution in [0.25, 0.3) is 0 Å². The van der Waals surface area contributed by atoms with Gasteiger partial charge in [-0.25, -0.2) is 8.42 Å². The highest BCUT2D eigenvalue weighted by atomic mass is 32.2. The predicted octanol–water partition coefficient (Wildman–Crippen LogP) is 5.85. The van der Waals surface area contributed by atoms with Crippen molar-refractivity contribution in [2.24, 2.45) is 5.92 Å². The van der Waals surface area contributed by atoms with E-state index in [1.807, 2.05) is 0 Å². The molecule has 0 aromatic carbocycles. The summed E-state index contributed by atoms with van der Waals surface area (Å²) >= 11 is 1.79. The van der Waals surface area contributed by atoms with Crippen LogP contribution in [0.15, 0.2) is 0 Å². The molecule has 0 amide bonds. The van der Waals surface area contributed by atoms with Gasteiger partial charge in [-0.1, -0.05) is 90.4 Å². The summed E-state index contributed by atoms with van der Waals surface area (Å²) in [7, 11) is -2.98. The highest BCUT2D eigenvalue weighted by Crippen LogP contribution is 2.15. The summed E-state index contributed by atoms with van der Waals surface area (Å²) in [6.45, 7) is 2.24. The second kappa shape index (κ2) is 18.6. The zero-order valence-electron chi connectivity index (χ0n) is 17.4. The van der Waals surface area contributed by atoms with Gasteiger partial charge in [0.2, 0.25) is 0 Å². The zero-order chi connectivity index (χ0) is 19.5. The van der Waals surface area contributed by atoms with Crippen molar-refractivity contribution in [2.75, 3.05) is 30.1 Å². The van der Waals surface area contributed by atoms with Gasteiger partial charge in [-0.15, -0.1) is 0 Å². The maximum Gasteiger partial charge on any atom is 0.147 e. The van der Waals surface area contributed by atoms with Crippen molar-refractivity contribution in [3.8, 4) is 0 Å². The number of unbranched alkanes of at least 4 members (excludes halogenated alkanes) is 13. The Morgan fingerprint density at radius 1 is 0.769 bits per heavy atom. The van der Waals surface area contributed by atoms with Gasteiger partial charge in [0.15, 0.2) is 0 Å². The Kier molecular flexibility index (Phi) is 18.8. The normalized spacial score (nSPS) is 13.2. The second-order valence-electron chi connectivity index (χ2n) is 7.81. The number of hydrogen-bond acceptors (Lipinski definition) is 4. The first kappa shape index (κ1) is 26.3. The molecule has 0 saturated heterocycles. The Labute approximate surface area is 168 Å². The van der Waals surface area contributed by atoms with Crippen molar-refractivity contribution in [1.82, 2.24) is 0 Å². The van der Waals surface area contributed by atoms with Crippen LogP contribution in [0.2, 0.25) is 0 Å². The summed E-state index contributed by atoms with van der Waals surface area (Å²) in [5, 5.41) is 9.24. The number of aliphatic hydroxyl groups is 1. The smallest absolute Gasteiger partial charge is 0.147 e. The van der Waals surface area contributed by atoms with Crippen LogP contribution < -0.4 is 0 Å². The van der Waals surface area contributed by atoms with Crippen molar-refractivity contribution in [1.29, 1.82) is 0 Å². The van der Waals surface area contributed by atoms with E-state index in [1.165, 1.54) is 96.1 Å². The molecule has 0 aromatic heterocycles. The van der Waals surface area contributed by atoms with Crippen molar-refractivity contribution in [3.63, 3.8) is 0 Å². The van der Waals surface area contributed by atoms with E-state index in [0.29, 0.717) is 0 Å². The molecular weight excluding hydrogens is 364 g/mol. The molecule has 0 aromatic rings. The third-order valence-corrected chi connectivity index (χ3v) is 7.15. The van der Waals surface area contributed by atoms with Crippen molar-refractivity contribution in [2.45, 2.75) is 96.8 Å². The van der Waals surface area contributed by atoms with Gasteiger partial charge in [-0.3, -0.25) is 0 Å². The van der Waals surface area contributed by atoms with E-state index in [0.717, 1.165) is 11.5 Å². The van der Waals surface area contributed by atoms with Crippen LogP contribution in [-0.2, 0) is 9.84 Å². The molecular formula is C21H44O3S2. The standard InChI is InChI=1S/C21H44O3S2/c1-3-4-5-6-7-8-9-10-11-12-13-14-15-16-17-25-19-21(18-22)20-26(2,23)24/h21-22H,3-20H2,1-2H3. The van der Waals surface area contributed by atoms with Crippen LogP contribution in [-0.4, -0.2) is 43.6 Å². The van der Waals surface area contributed by atoms with Crippen molar-refractivity contribution < 1.29 is 13.5 Å². The lowest BCUT2D eigenvalue weighted by Crippen LogP contribution is -2.20. The van der Waals surface area contributed by atoms with Crippen LogP contribution in [0.4, 0.5) is 0 Å². The molecule has 0 radical (unpaired) electrons. The second-order valence-corrected chi connectivity index (χ2v) is 11.1. The summed E-state index contributed by atoms with van der Waals surface area (Å²) in [4.78, 5) is 0. The molecule has 0 rings (SSSR count). The first-order valence-corrected chi connectivity index (χ1v) is 14.1. The predicted molar refractivity (Wildman–Crippen MR) is 118 cm³/mol. The van der Waals surface area contributed by atoms with Gasteiger partial charge in [-0.05, 0) is 17.9 Å². The summed E-state index contributed by atoms with van der Waals surface area (Å²) in [6, 6.07) is 0. The summed E-state index contributed by atoms with van der Waals surface area (Å²) in [6.07, 6.45) is 20.5. The van der Waals surface area contributed by atoms with Crippen LogP contribution >= 0.6 is 11.8 Å². The minimum absolute atomic E-state index is 0.0290. The van der Waals surface area contributed by atoms with E-state index in [2.05, 4.69) is 6.92 Å². The molecule has 0 aliphatic heterocycles. The minimum atomic E-state index is -2.98. The van der Waals surface area contributed by atoms with Gasteiger partial charge in [0.25, 0.3) is 0 Å². The van der Waals surface area contributed by atoms with E-state index >= 15 is 0 Å². The largest absolute Gasteiger partial charge is 0.396 e. The number of hydrogen-bond donors (Lipinski definition) is 1. The van der Waals surface area contributed by atoms with Crippen LogP contribution in [0.1, 0.15) is 96.8 Å². The van der Waals surface area contributed by atoms with Crippen molar-refractivity contribution >= 4 is 21.6 Å². The molecule has 0 fully saturated rings. The Morgan fingerprint density at radius 3 is 1.58 bits per heavy atom. The quantitative estimate of drug-likeness (QED) is 0.257. The number of sulfone groups is 1. The molecule has 1 atom stereocenters. The third-order valence-electron chi connectivity index (χ3n) is 4.79. The van der Waals surface area contributed by atoms with E-state index < -0.39 is 9.84 Å². The van der Waals surface area contributed by atoms with Gasteiger partial charge in [0.05, 0.1) is 5.75 Å². The zero-order valence-corrected chi connectivity index (χ0v) is 19.0. The SMILES string of the molecule is CCCCCCCCCCCCCCCCSCC(CO)CS(C)(=O)=O. The number of rotatable bonds is 20. The molecule has 5 heteroatoms. The lowest BCUT2D eigenvalue weighted by Gasteiger charge is -2.12. The molecule has 0 saturated carbocycles. The molecule has 0 heterocycles. The molecule has 1 unspecified atom stereocenters. The van der Waals surface area contributed by atoms with Crippen LogP contribution in [0.3, 0.4) is 0 Å². The van der Waals surface area contributed by atoms with Crippen molar-refractivity contribution in [3.05, 3.63) is 0 Å². The molecule has 26 heavy (non-hydrogen) atoms. The summed E-state index contributed by atoms with van der Waals surface area (Å²) in [5.41, 5.74) is 0. The Bertz CT molecular complexity index is 383. The average Bonchev–Trinajstić information content (AvgIpc) is 2.59. The van der Waals surface area contributed by atoms with Crippen LogP contribution in [0.5, 0.6) is 0 Å². The molecule has 1 N–H and O–H groups in total. The fraction of sp³-hybridized carbons (Fsp3) is 1.00. The Balaban J connectivity index is 3.24. The highest BCUT2D eigenvalue weighted by molar-refractivity contribution is 7.99. The van der Waals surface area contributed by atoms with Gasteiger partial charge in [0.1, 0.15) is 9.84 Å². The fourth-order valence-electron chi connectivity index (χ4n) is 3.23. The molecule has 0 spiro atoms. The lowest BCUT2D eigenvalue weighted by molar-refractivity contribution is 0.251. The molecule has 0 bridgehead atoms. The maximum absolute atomic E-state index is 11.3. The first-order chi connectivity index (χ1) is 12.5. The Morgan fingerprint density at radius 2 is 1.19 bits per heavy atom. The summed E-state index contributed by atoms with van der Waals surface area (Å²) in [5.74, 6) is 1.83. The summed E-state index contributed by atoms with van der Waals surface area (Å²) < 4.78 is 22.5. The van der Waals surface area contributed by atoms with E-state index in [4.69, 9.17) is 0 Å². The maximum atomic E-state index is 11.3. The number of aliphatic hydroxyl groups excluding tert-OH is 1. The minimum Gasteiger partial charge on any atom is -0.396 e. The Hall–Kier alpha value is 0.260. The van der Waals surface area contributed by atoms with E-state index in [1.54, 1.807) is 11.8 Å².